The molecule has 4 nitrogen and oxygen atoms in total. The Bertz CT molecular complexity index is 442. The Labute approximate surface area is 81.0 Å². The van der Waals surface area contributed by atoms with Crippen LogP contribution >= 0.6 is 0 Å². The van der Waals surface area contributed by atoms with Crippen molar-refractivity contribution >= 4 is 5.69 Å². The van der Waals surface area contributed by atoms with E-state index >= 15 is 0 Å². The molecule has 0 aliphatic heterocycles. The van der Waals surface area contributed by atoms with Crippen LogP contribution in [0.25, 0.3) is 11.3 Å². The Morgan fingerprint density at radius 3 is 2.71 bits per heavy atom. The van der Waals surface area contributed by atoms with Gasteiger partial charge in [0.05, 0.1) is 11.4 Å². The average Bonchev–Trinajstić information content (AvgIpc) is 2.23. The van der Waals surface area contributed by atoms with E-state index in [1.807, 2.05) is 6.07 Å². The van der Waals surface area contributed by atoms with Gasteiger partial charge in [-0.05, 0) is 24.3 Å². The first-order valence-corrected chi connectivity index (χ1v) is 4.14. The summed E-state index contributed by atoms with van der Waals surface area (Å²) in [4.78, 5) is 0. The van der Waals surface area contributed by atoms with Gasteiger partial charge in [-0.15, -0.1) is 0 Å². The lowest BCUT2D eigenvalue weighted by Gasteiger charge is -2.02. The summed E-state index contributed by atoms with van der Waals surface area (Å²) in [5.74, 6) is 0.0631. The van der Waals surface area contributed by atoms with Crippen molar-refractivity contribution in [3.8, 4) is 17.0 Å². The van der Waals surface area contributed by atoms with Crippen molar-refractivity contribution in [3.63, 3.8) is 0 Å². The molecule has 4 heteroatoms. The standard InChI is InChI=1S/C10H9N3O/c11-8-4-3-7(6-10(8)14)9-2-1-5-12-13-9/h1-6,14H,11H2. The highest BCUT2D eigenvalue weighted by molar-refractivity contribution is 5.66. The molecule has 1 aromatic carbocycles. The van der Waals surface area contributed by atoms with Gasteiger partial charge in [0.25, 0.3) is 0 Å². The number of nitrogens with zero attached hydrogens (tertiary/aromatic N) is 2. The third-order valence-corrected chi connectivity index (χ3v) is 1.90. The maximum absolute atomic E-state index is 9.39. The molecule has 2 aromatic rings. The highest BCUT2D eigenvalue weighted by atomic mass is 16.3. The number of phenols is 1. The number of rotatable bonds is 1. The summed E-state index contributed by atoms with van der Waals surface area (Å²) in [6.07, 6.45) is 1.60. The molecule has 2 rings (SSSR count). The van der Waals surface area contributed by atoms with Gasteiger partial charge < -0.3 is 10.8 Å². The Morgan fingerprint density at radius 2 is 2.07 bits per heavy atom. The van der Waals surface area contributed by atoms with E-state index in [0.29, 0.717) is 11.4 Å². The number of hydrogen-bond donors (Lipinski definition) is 2. The molecule has 0 radical (unpaired) electrons. The Morgan fingerprint density at radius 1 is 1.21 bits per heavy atom. The SMILES string of the molecule is Nc1ccc(-c2cccnn2)cc1O. The summed E-state index contributed by atoms with van der Waals surface area (Å²) < 4.78 is 0. The van der Waals surface area contributed by atoms with Crippen LogP contribution in [0.15, 0.2) is 36.5 Å². The van der Waals surface area contributed by atoms with Gasteiger partial charge >= 0.3 is 0 Å². The minimum absolute atomic E-state index is 0.0631. The minimum atomic E-state index is 0.0631. The van der Waals surface area contributed by atoms with Crippen molar-refractivity contribution in [2.45, 2.75) is 0 Å². The summed E-state index contributed by atoms with van der Waals surface area (Å²) in [6.45, 7) is 0. The second-order valence-corrected chi connectivity index (χ2v) is 2.88. The third kappa shape index (κ3) is 1.50. The maximum Gasteiger partial charge on any atom is 0.139 e. The van der Waals surface area contributed by atoms with Crippen molar-refractivity contribution in [3.05, 3.63) is 36.5 Å². The van der Waals surface area contributed by atoms with E-state index in [2.05, 4.69) is 10.2 Å². The number of hydrogen-bond acceptors (Lipinski definition) is 4. The van der Waals surface area contributed by atoms with E-state index in [4.69, 9.17) is 5.73 Å². The number of aromatic nitrogens is 2. The number of aromatic hydroxyl groups is 1. The van der Waals surface area contributed by atoms with Crippen molar-refractivity contribution in [1.29, 1.82) is 0 Å². The number of nitrogen functional groups attached to an aromatic ring is 1. The molecule has 0 amide bonds. The van der Waals surface area contributed by atoms with Crippen LogP contribution < -0.4 is 5.73 Å². The predicted octanol–water partition coefficient (Wildman–Crippen LogP) is 1.43. The lowest BCUT2D eigenvalue weighted by molar-refractivity contribution is 0.478. The zero-order valence-corrected chi connectivity index (χ0v) is 7.38. The Kier molecular flexibility index (Phi) is 2.02. The van der Waals surface area contributed by atoms with Gasteiger partial charge in [-0.25, -0.2) is 0 Å². The van der Waals surface area contributed by atoms with Crippen molar-refractivity contribution in [2.75, 3.05) is 5.73 Å². The molecular weight excluding hydrogens is 178 g/mol. The topological polar surface area (TPSA) is 72.0 Å². The summed E-state index contributed by atoms with van der Waals surface area (Å²) in [6, 6.07) is 8.60. The average molecular weight is 187 g/mol. The molecule has 0 aliphatic carbocycles. The van der Waals surface area contributed by atoms with Gasteiger partial charge in [0.1, 0.15) is 5.75 Å². The fraction of sp³-hybridized carbons (Fsp3) is 0. The van der Waals surface area contributed by atoms with Crippen molar-refractivity contribution < 1.29 is 5.11 Å². The molecule has 0 atom stereocenters. The van der Waals surface area contributed by atoms with Gasteiger partial charge in [0.15, 0.2) is 0 Å². The van der Waals surface area contributed by atoms with Crippen LogP contribution in [-0.2, 0) is 0 Å². The van der Waals surface area contributed by atoms with Crippen LogP contribution in [0, 0.1) is 0 Å². The molecule has 0 unspecified atom stereocenters. The van der Waals surface area contributed by atoms with Gasteiger partial charge in [-0.2, -0.15) is 10.2 Å². The van der Waals surface area contributed by atoms with Gasteiger partial charge in [0.2, 0.25) is 0 Å². The number of benzene rings is 1. The first-order chi connectivity index (χ1) is 6.77. The molecule has 70 valence electrons. The minimum Gasteiger partial charge on any atom is -0.506 e. The van der Waals surface area contributed by atoms with E-state index in [9.17, 15) is 5.11 Å². The highest BCUT2D eigenvalue weighted by Gasteiger charge is 2.02. The van der Waals surface area contributed by atoms with E-state index in [0.717, 1.165) is 5.56 Å². The largest absolute Gasteiger partial charge is 0.506 e. The number of anilines is 1. The monoisotopic (exact) mass is 187 g/mol. The molecule has 14 heavy (non-hydrogen) atoms. The molecule has 0 saturated carbocycles. The van der Waals surface area contributed by atoms with Crippen LogP contribution in [-0.4, -0.2) is 15.3 Å². The quantitative estimate of drug-likeness (QED) is 0.523. The van der Waals surface area contributed by atoms with Crippen LogP contribution in [0.2, 0.25) is 0 Å². The molecule has 0 bridgehead atoms. The van der Waals surface area contributed by atoms with Gasteiger partial charge in [-0.1, -0.05) is 6.07 Å². The second kappa shape index (κ2) is 3.33. The second-order valence-electron chi connectivity index (χ2n) is 2.88. The number of phenolic OH excluding ortho intramolecular Hbond substituents is 1. The smallest absolute Gasteiger partial charge is 0.139 e. The normalized spacial score (nSPS) is 10.0. The Balaban J connectivity index is 2.48. The van der Waals surface area contributed by atoms with Gasteiger partial charge in [-0.3, -0.25) is 0 Å². The summed E-state index contributed by atoms with van der Waals surface area (Å²) >= 11 is 0. The van der Waals surface area contributed by atoms with Crippen LogP contribution in [0.1, 0.15) is 0 Å². The van der Waals surface area contributed by atoms with Crippen molar-refractivity contribution in [1.82, 2.24) is 10.2 Å². The molecule has 0 spiro atoms. The van der Waals surface area contributed by atoms with Crippen LogP contribution in [0.5, 0.6) is 5.75 Å². The fourth-order valence-corrected chi connectivity index (χ4v) is 1.16. The zero-order valence-electron chi connectivity index (χ0n) is 7.38. The molecule has 0 fully saturated rings. The highest BCUT2D eigenvalue weighted by Crippen LogP contribution is 2.25. The summed E-state index contributed by atoms with van der Waals surface area (Å²) in [5, 5.41) is 17.1. The maximum atomic E-state index is 9.39. The molecule has 0 aliphatic rings. The molecule has 1 heterocycles. The first-order valence-electron chi connectivity index (χ1n) is 4.14. The summed E-state index contributed by atoms with van der Waals surface area (Å²) in [7, 11) is 0. The lowest BCUT2D eigenvalue weighted by Crippen LogP contribution is -1.88. The fourth-order valence-electron chi connectivity index (χ4n) is 1.16. The number of nitrogens with two attached hydrogens (primary N) is 1. The molecule has 0 saturated heterocycles. The predicted molar refractivity (Wildman–Crippen MR) is 53.5 cm³/mol. The molecule has 3 N–H and O–H groups in total. The van der Waals surface area contributed by atoms with E-state index in [1.54, 1.807) is 30.5 Å². The zero-order chi connectivity index (χ0) is 9.97. The van der Waals surface area contributed by atoms with Crippen LogP contribution in [0.4, 0.5) is 5.69 Å². The van der Waals surface area contributed by atoms with E-state index in [-0.39, 0.29) is 5.75 Å². The van der Waals surface area contributed by atoms with E-state index in [1.165, 1.54) is 0 Å². The van der Waals surface area contributed by atoms with Crippen molar-refractivity contribution in [2.24, 2.45) is 0 Å². The first kappa shape index (κ1) is 8.50. The molecule has 1 aromatic heterocycles. The lowest BCUT2D eigenvalue weighted by atomic mass is 10.1. The Hall–Kier alpha value is -2.10. The summed E-state index contributed by atoms with van der Waals surface area (Å²) in [5.41, 5.74) is 7.35. The third-order valence-electron chi connectivity index (χ3n) is 1.90. The van der Waals surface area contributed by atoms with Crippen LogP contribution in [0.3, 0.4) is 0 Å². The van der Waals surface area contributed by atoms with Gasteiger partial charge in [0, 0.05) is 11.8 Å². The molecular formula is C10H9N3O. The van der Waals surface area contributed by atoms with E-state index < -0.39 is 0 Å².